The first-order valence-electron chi connectivity index (χ1n) is 7.53. The van der Waals surface area contributed by atoms with Crippen molar-refractivity contribution in [2.75, 3.05) is 6.54 Å². The summed E-state index contributed by atoms with van der Waals surface area (Å²) in [7, 11) is 0. The van der Waals surface area contributed by atoms with Gasteiger partial charge in [-0.05, 0) is 49.2 Å². The van der Waals surface area contributed by atoms with Gasteiger partial charge in [0.05, 0.1) is 0 Å². The third-order valence-corrected chi connectivity index (χ3v) is 3.82. The van der Waals surface area contributed by atoms with Gasteiger partial charge in [0.25, 0.3) is 0 Å². The number of nitrogens with zero attached hydrogens (tertiary/aromatic N) is 1. The number of aryl methyl sites for hydroxylation is 1. The second-order valence-electron chi connectivity index (χ2n) is 5.48. The number of aromatic nitrogens is 1. The quantitative estimate of drug-likeness (QED) is 0.852. The molecule has 1 heterocycles. The van der Waals surface area contributed by atoms with E-state index < -0.39 is 0 Å². The molecule has 0 amide bonds. The van der Waals surface area contributed by atoms with Gasteiger partial charge in [0.15, 0.2) is 0 Å². The summed E-state index contributed by atoms with van der Waals surface area (Å²) in [5, 5.41) is 3.52. The highest BCUT2D eigenvalue weighted by atomic mass is 19.1. The molecule has 112 valence electrons. The van der Waals surface area contributed by atoms with Crippen molar-refractivity contribution >= 4 is 0 Å². The van der Waals surface area contributed by atoms with E-state index in [0.29, 0.717) is 5.56 Å². The number of hydrogen-bond donors (Lipinski definition) is 1. The molecule has 0 aliphatic carbocycles. The Hall–Kier alpha value is -1.74. The zero-order valence-corrected chi connectivity index (χ0v) is 12.9. The van der Waals surface area contributed by atoms with Gasteiger partial charge < -0.3 is 5.32 Å². The minimum absolute atomic E-state index is 0.0648. The van der Waals surface area contributed by atoms with E-state index in [-0.39, 0.29) is 17.8 Å². The van der Waals surface area contributed by atoms with Crippen LogP contribution in [0.4, 0.5) is 4.39 Å². The van der Waals surface area contributed by atoms with Crippen molar-refractivity contribution in [2.45, 2.75) is 39.2 Å². The van der Waals surface area contributed by atoms with Crippen molar-refractivity contribution in [3.05, 3.63) is 65.2 Å². The summed E-state index contributed by atoms with van der Waals surface area (Å²) in [6.07, 6.45) is 2.85. The molecule has 0 fully saturated rings. The summed E-state index contributed by atoms with van der Waals surface area (Å²) in [6.45, 7) is 6.95. The van der Waals surface area contributed by atoms with Crippen LogP contribution in [0.5, 0.6) is 0 Å². The standard InChI is InChI=1S/C18H23FN2/c1-4-10-21-18(14(3)17-7-5-6-11-20-17)15-9-8-13(2)16(19)12-15/h5-9,11-12,14,18,21H,4,10H2,1-3H3. The number of hydrogen-bond acceptors (Lipinski definition) is 2. The molecule has 0 radical (unpaired) electrons. The summed E-state index contributed by atoms with van der Waals surface area (Å²) in [5.74, 6) is 0.0314. The minimum Gasteiger partial charge on any atom is -0.309 e. The van der Waals surface area contributed by atoms with Crippen LogP contribution in [-0.4, -0.2) is 11.5 Å². The van der Waals surface area contributed by atoms with Crippen molar-refractivity contribution in [3.63, 3.8) is 0 Å². The van der Waals surface area contributed by atoms with Gasteiger partial charge in [-0.15, -0.1) is 0 Å². The van der Waals surface area contributed by atoms with Crippen molar-refractivity contribution < 1.29 is 4.39 Å². The molecule has 2 unspecified atom stereocenters. The Bertz CT molecular complexity index is 569. The Kier molecular flexibility index (Phi) is 5.45. The van der Waals surface area contributed by atoms with E-state index in [2.05, 4.69) is 24.1 Å². The molecule has 2 rings (SSSR count). The molecular formula is C18H23FN2. The molecule has 0 aliphatic rings. The zero-order chi connectivity index (χ0) is 15.2. The van der Waals surface area contributed by atoms with Gasteiger partial charge in [0.1, 0.15) is 5.82 Å². The third-order valence-electron chi connectivity index (χ3n) is 3.82. The van der Waals surface area contributed by atoms with Crippen LogP contribution in [0, 0.1) is 12.7 Å². The first-order valence-corrected chi connectivity index (χ1v) is 7.53. The van der Waals surface area contributed by atoms with Crippen molar-refractivity contribution in [1.82, 2.24) is 10.3 Å². The summed E-state index contributed by atoms with van der Waals surface area (Å²) in [6, 6.07) is 11.5. The molecular weight excluding hydrogens is 263 g/mol. The topological polar surface area (TPSA) is 24.9 Å². The predicted molar refractivity (Wildman–Crippen MR) is 84.8 cm³/mol. The molecule has 0 aliphatic heterocycles. The van der Waals surface area contributed by atoms with Gasteiger partial charge in [-0.3, -0.25) is 4.98 Å². The lowest BCUT2D eigenvalue weighted by atomic mass is 9.90. The fourth-order valence-corrected chi connectivity index (χ4v) is 2.50. The third kappa shape index (κ3) is 3.88. The summed E-state index contributed by atoms with van der Waals surface area (Å²) in [4.78, 5) is 4.44. The SMILES string of the molecule is CCCNC(c1ccc(C)c(F)c1)C(C)c1ccccn1. The van der Waals surface area contributed by atoms with Gasteiger partial charge in [-0.1, -0.05) is 32.0 Å². The normalized spacial score (nSPS) is 13.9. The Morgan fingerprint density at radius 1 is 1.24 bits per heavy atom. The Morgan fingerprint density at radius 3 is 2.67 bits per heavy atom. The maximum atomic E-state index is 13.9. The lowest BCUT2D eigenvalue weighted by Crippen LogP contribution is -2.27. The largest absolute Gasteiger partial charge is 0.309 e. The average molecular weight is 286 g/mol. The molecule has 2 nitrogen and oxygen atoms in total. The van der Waals surface area contributed by atoms with E-state index >= 15 is 0 Å². The second-order valence-corrected chi connectivity index (χ2v) is 5.48. The molecule has 2 atom stereocenters. The molecule has 3 heteroatoms. The van der Waals surface area contributed by atoms with E-state index in [1.807, 2.05) is 30.3 Å². The fourth-order valence-electron chi connectivity index (χ4n) is 2.50. The van der Waals surface area contributed by atoms with Gasteiger partial charge in [-0.2, -0.15) is 0 Å². The smallest absolute Gasteiger partial charge is 0.126 e. The highest BCUT2D eigenvalue weighted by Gasteiger charge is 2.21. The Labute approximate surface area is 126 Å². The summed E-state index contributed by atoms with van der Waals surface area (Å²) in [5.41, 5.74) is 2.68. The van der Waals surface area contributed by atoms with Gasteiger partial charge >= 0.3 is 0 Å². The van der Waals surface area contributed by atoms with E-state index in [9.17, 15) is 4.39 Å². The molecule has 1 aromatic carbocycles. The van der Waals surface area contributed by atoms with Crippen LogP contribution in [0.25, 0.3) is 0 Å². The lowest BCUT2D eigenvalue weighted by molar-refractivity contribution is 0.457. The molecule has 0 saturated carbocycles. The van der Waals surface area contributed by atoms with Crippen molar-refractivity contribution in [3.8, 4) is 0 Å². The molecule has 0 saturated heterocycles. The maximum Gasteiger partial charge on any atom is 0.126 e. The van der Waals surface area contributed by atoms with E-state index in [1.165, 1.54) is 0 Å². The minimum atomic E-state index is -0.149. The molecule has 1 N–H and O–H groups in total. The van der Waals surface area contributed by atoms with Crippen molar-refractivity contribution in [2.24, 2.45) is 0 Å². The summed E-state index contributed by atoms with van der Waals surface area (Å²) < 4.78 is 13.9. The number of rotatable bonds is 6. The molecule has 0 spiro atoms. The predicted octanol–water partition coefficient (Wildman–Crippen LogP) is 4.37. The number of nitrogens with one attached hydrogen (secondary N) is 1. The highest BCUT2D eigenvalue weighted by Crippen LogP contribution is 2.30. The first kappa shape index (κ1) is 15.6. The summed E-state index contributed by atoms with van der Waals surface area (Å²) >= 11 is 0. The van der Waals surface area contributed by atoms with E-state index in [4.69, 9.17) is 0 Å². The monoisotopic (exact) mass is 286 g/mol. The number of pyridine rings is 1. The van der Waals surface area contributed by atoms with Crippen LogP contribution in [0.1, 0.15) is 49.0 Å². The Balaban J connectivity index is 2.31. The molecule has 0 bridgehead atoms. The number of halogens is 1. The van der Waals surface area contributed by atoms with Crippen LogP contribution >= 0.6 is 0 Å². The van der Waals surface area contributed by atoms with Crippen LogP contribution in [0.2, 0.25) is 0 Å². The molecule has 2 aromatic rings. The lowest BCUT2D eigenvalue weighted by Gasteiger charge is -2.25. The zero-order valence-electron chi connectivity index (χ0n) is 12.9. The Morgan fingerprint density at radius 2 is 2.05 bits per heavy atom. The second kappa shape index (κ2) is 7.32. The molecule has 1 aromatic heterocycles. The van der Waals surface area contributed by atoms with Gasteiger partial charge in [-0.25, -0.2) is 4.39 Å². The maximum absolute atomic E-state index is 13.9. The van der Waals surface area contributed by atoms with E-state index in [1.54, 1.807) is 19.2 Å². The van der Waals surface area contributed by atoms with Crippen LogP contribution in [0.15, 0.2) is 42.6 Å². The first-order chi connectivity index (χ1) is 10.1. The highest BCUT2D eigenvalue weighted by molar-refractivity contribution is 5.28. The number of benzene rings is 1. The fraction of sp³-hybridized carbons (Fsp3) is 0.389. The van der Waals surface area contributed by atoms with Gasteiger partial charge in [0.2, 0.25) is 0 Å². The van der Waals surface area contributed by atoms with E-state index in [0.717, 1.165) is 24.2 Å². The van der Waals surface area contributed by atoms with Crippen LogP contribution in [-0.2, 0) is 0 Å². The molecule has 21 heavy (non-hydrogen) atoms. The van der Waals surface area contributed by atoms with Crippen LogP contribution < -0.4 is 5.32 Å². The average Bonchev–Trinajstić information content (AvgIpc) is 2.51. The van der Waals surface area contributed by atoms with Gasteiger partial charge in [0, 0.05) is 23.9 Å². The van der Waals surface area contributed by atoms with Crippen molar-refractivity contribution in [1.29, 1.82) is 0 Å². The van der Waals surface area contributed by atoms with Crippen LogP contribution in [0.3, 0.4) is 0 Å².